The molecule has 0 bridgehead atoms. The van der Waals surface area contributed by atoms with Crippen LogP contribution < -0.4 is 0 Å². The molecule has 66 valence electrons. The third-order valence-electron chi connectivity index (χ3n) is 1.41. The van der Waals surface area contributed by atoms with E-state index in [4.69, 9.17) is 0 Å². The van der Waals surface area contributed by atoms with Gasteiger partial charge in [0.2, 0.25) is 0 Å². The predicted octanol–water partition coefficient (Wildman–Crippen LogP) is 1.70. The van der Waals surface area contributed by atoms with Crippen LogP contribution >= 0.6 is 0 Å². The maximum absolute atomic E-state index is 10.5. The molecule has 0 amide bonds. The molecule has 0 spiro atoms. The first kappa shape index (κ1) is 10.6. The van der Waals surface area contributed by atoms with E-state index in [1.807, 2.05) is 26.0 Å². The molecule has 0 radical (unpaired) electrons. The van der Waals surface area contributed by atoms with Crippen LogP contribution in [0.5, 0.6) is 0 Å². The summed E-state index contributed by atoms with van der Waals surface area (Å²) in [5.41, 5.74) is 0. The first-order valence-electron chi connectivity index (χ1n) is 4.25. The van der Waals surface area contributed by atoms with Crippen LogP contribution in [0, 0.1) is 0 Å². The lowest BCUT2D eigenvalue weighted by atomic mass is 10.00. The van der Waals surface area contributed by atoms with E-state index in [0.29, 0.717) is 5.78 Å². The number of carbonyl (C=O) groups excluding carboxylic acids is 1. The minimum absolute atomic E-state index is 0.464. The zero-order chi connectivity index (χ0) is 8.69. The number of Topliss-reactive ketones (excluding diaryl/α,β-unsaturated/α-hetero) is 1. The van der Waals surface area contributed by atoms with E-state index in [2.05, 4.69) is 0 Å². The van der Waals surface area contributed by atoms with Crippen molar-refractivity contribution < 1.29 is 4.79 Å². The fourth-order valence-corrected chi connectivity index (χ4v) is 0.946. The molecule has 1 aliphatic carbocycles. The van der Waals surface area contributed by atoms with Gasteiger partial charge in [0.25, 0.3) is 0 Å². The molecule has 1 aliphatic rings. The monoisotopic (exact) mass is 157 g/mol. The van der Waals surface area contributed by atoms with Crippen molar-refractivity contribution in [3.63, 3.8) is 0 Å². The molecule has 2 heteroatoms. The Labute approximate surface area is 69.6 Å². The summed E-state index contributed by atoms with van der Waals surface area (Å²) in [6.07, 6.45) is 5.24. The highest BCUT2D eigenvalue weighted by Gasteiger charge is 2.05. The Hall–Kier alpha value is -0.370. The van der Waals surface area contributed by atoms with Crippen LogP contribution in [0.2, 0.25) is 0 Å². The Morgan fingerprint density at radius 3 is 1.55 bits per heavy atom. The minimum Gasteiger partial charge on any atom is -0.312 e. The highest BCUT2D eigenvalue weighted by Crippen LogP contribution is 2.12. The van der Waals surface area contributed by atoms with E-state index in [0.717, 1.165) is 25.7 Å². The van der Waals surface area contributed by atoms with Gasteiger partial charge < -0.3 is 4.90 Å². The van der Waals surface area contributed by atoms with E-state index in [9.17, 15) is 4.79 Å². The molecule has 0 heterocycles. The lowest BCUT2D eigenvalue weighted by molar-refractivity contribution is -0.120. The van der Waals surface area contributed by atoms with Crippen molar-refractivity contribution in [2.24, 2.45) is 0 Å². The molecule has 1 saturated carbocycles. The summed E-state index contributed by atoms with van der Waals surface area (Å²) in [4.78, 5) is 12.5. The maximum Gasteiger partial charge on any atom is 0.132 e. The van der Waals surface area contributed by atoms with Crippen molar-refractivity contribution in [1.29, 1.82) is 0 Å². The number of nitrogens with zero attached hydrogens (tertiary/aromatic N) is 1. The number of rotatable bonds is 0. The third-order valence-corrected chi connectivity index (χ3v) is 1.41. The Bertz CT molecular complexity index is 99.4. The van der Waals surface area contributed by atoms with Crippen LogP contribution in [0.3, 0.4) is 0 Å². The minimum atomic E-state index is 0.464. The van der Waals surface area contributed by atoms with Crippen molar-refractivity contribution in [3.05, 3.63) is 0 Å². The van der Waals surface area contributed by atoms with Gasteiger partial charge >= 0.3 is 0 Å². The molecule has 1 fully saturated rings. The van der Waals surface area contributed by atoms with Crippen molar-refractivity contribution in [1.82, 2.24) is 4.90 Å². The van der Waals surface area contributed by atoms with E-state index >= 15 is 0 Å². The quantitative estimate of drug-likeness (QED) is 0.533. The number of hydrogen-bond donors (Lipinski definition) is 0. The molecule has 2 nitrogen and oxygen atoms in total. The lowest BCUT2D eigenvalue weighted by Crippen LogP contribution is -2.02. The maximum atomic E-state index is 10.5. The average molecular weight is 157 g/mol. The van der Waals surface area contributed by atoms with Crippen LogP contribution in [-0.2, 0) is 4.79 Å². The number of hydrogen-bond acceptors (Lipinski definition) is 2. The molecule has 0 saturated heterocycles. The van der Waals surface area contributed by atoms with Gasteiger partial charge in [-0.3, -0.25) is 4.79 Å². The van der Waals surface area contributed by atoms with E-state index in [-0.39, 0.29) is 0 Å². The van der Waals surface area contributed by atoms with Crippen LogP contribution in [0.1, 0.15) is 32.1 Å². The SMILES string of the molecule is CN(C)C.O=C1CCCCC1. The van der Waals surface area contributed by atoms with Gasteiger partial charge in [-0.1, -0.05) is 6.42 Å². The Balaban J connectivity index is 0.000000218. The summed E-state index contributed by atoms with van der Waals surface area (Å²) in [5, 5.41) is 0. The van der Waals surface area contributed by atoms with Crippen LogP contribution in [0.4, 0.5) is 0 Å². The zero-order valence-corrected chi connectivity index (χ0v) is 7.89. The second kappa shape index (κ2) is 6.35. The molecule has 1 rings (SSSR count). The summed E-state index contributed by atoms with van der Waals surface area (Å²) in [6.45, 7) is 0. The molecule has 0 aromatic heterocycles. The van der Waals surface area contributed by atoms with Crippen molar-refractivity contribution in [3.8, 4) is 0 Å². The summed E-state index contributed by atoms with van der Waals surface area (Å²) in [6, 6.07) is 0. The summed E-state index contributed by atoms with van der Waals surface area (Å²) >= 11 is 0. The van der Waals surface area contributed by atoms with Gasteiger partial charge in [0.05, 0.1) is 0 Å². The van der Waals surface area contributed by atoms with Gasteiger partial charge in [-0.2, -0.15) is 0 Å². The van der Waals surface area contributed by atoms with Gasteiger partial charge in [0, 0.05) is 12.8 Å². The normalized spacial score (nSPS) is 17.6. The predicted molar refractivity (Wildman–Crippen MR) is 47.7 cm³/mol. The molecule has 11 heavy (non-hydrogen) atoms. The Morgan fingerprint density at radius 2 is 1.36 bits per heavy atom. The van der Waals surface area contributed by atoms with Gasteiger partial charge in [-0.25, -0.2) is 0 Å². The van der Waals surface area contributed by atoms with Crippen molar-refractivity contribution >= 4 is 5.78 Å². The van der Waals surface area contributed by atoms with Gasteiger partial charge in [-0.15, -0.1) is 0 Å². The summed E-state index contributed by atoms with van der Waals surface area (Å²) < 4.78 is 0. The highest BCUT2D eigenvalue weighted by atomic mass is 16.1. The molecule has 0 unspecified atom stereocenters. The van der Waals surface area contributed by atoms with Crippen molar-refractivity contribution in [2.45, 2.75) is 32.1 Å². The lowest BCUT2D eigenvalue weighted by Gasteiger charge is -2.05. The van der Waals surface area contributed by atoms with Gasteiger partial charge in [0.15, 0.2) is 0 Å². The Kier molecular flexibility index (Phi) is 6.13. The molecule has 0 aromatic carbocycles. The first-order chi connectivity index (χ1) is 5.13. The Morgan fingerprint density at radius 1 is 1.00 bits per heavy atom. The van der Waals surface area contributed by atoms with Crippen LogP contribution in [0.25, 0.3) is 0 Å². The largest absolute Gasteiger partial charge is 0.312 e. The standard InChI is InChI=1S/C6H10O.C3H9N/c7-6-4-2-1-3-5-6;1-4(2)3/h1-5H2;1-3H3. The van der Waals surface area contributed by atoms with Gasteiger partial charge in [0.1, 0.15) is 5.78 Å². The fraction of sp³-hybridized carbons (Fsp3) is 0.889. The number of ketones is 1. The van der Waals surface area contributed by atoms with Crippen LogP contribution in [-0.4, -0.2) is 31.8 Å². The van der Waals surface area contributed by atoms with Crippen LogP contribution in [0.15, 0.2) is 0 Å². The summed E-state index contributed by atoms with van der Waals surface area (Å²) in [5.74, 6) is 0.464. The zero-order valence-electron chi connectivity index (χ0n) is 7.89. The molecular weight excluding hydrogens is 138 g/mol. The first-order valence-corrected chi connectivity index (χ1v) is 4.25. The van der Waals surface area contributed by atoms with E-state index in [1.54, 1.807) is 0 Å². The second-order valence-electron chi connectivity index (χ2n) is 3.44. The number of carbonyl (C=O) groups is 1. The highest BCUT2D eigenvalue weighted by molar-refractivity contribution is 5.78. The smallest absolute Gasteiger partial charge is 0.132 e. The van der Waals surface area contributed by atoms with E-state index in [1.165, 1.54) is 6.42 Å². The van der Waals surface area contributed by atoms with E-state index < -0.39 is 0 Å². The molecular formula is C9H19NO. The second-order valence-corrected chi connectivity index (χ2v) is 3.44. The fourth-order valence-electron chi connectivity index (χ4n) is 0.946. The molecule has 0 aromatic rings. The third kappa shape index (κ3) is 9.63. The molecule has 0 atom stereocenters. The van der Waals surface area contributed by atoms with Gasteiger partial charge in [-0.05, 0) is 34.0 Å². The summed E-state index contributed by atoms with van der Waals surface area (Å²) in [7, 11) is 6.00. The molecule has 0 aliphatic heterocycles. The molecule has 0 N–H and O–H groups in total. The topological polar surface area (TPSA) is 20.3 Å². The van der Waals surface area contributed by atoms with Crippen molar-refractivity contribution in [2.75, 3.05) is 21.1 Å². The average Bonchev–Trinajstić information content (AvgIpc) is 1.87.